The molecule has 1 unspecified atom stereocenters. The van der Waals surface area contributed by atoms with E-state index >= 15 is 0 Å². The first kappa shape index (κ1) is 12.9. The number of rotatable bonds is 3. The normalized spacial score (nSPS) is 22.1. The second-order valence-corrected chi connectivity index (χ2v) is 5.06. The van der Waals surface area contributed by atoms with Crippen LogP contribution in [0, 0.1) is 11.3 Å². The van der Waals surface area contributed by atoms with Crippen LogP contribution in [-0.2, 0) is 9.53 Å². The van der Waals surface area contributed by atoms with E-state index in [9.17, 15) is 4.79 Å². The minimum absolute atomic E-state index is 0.0173. The molecule has 0 radical (unpaired) electrons. The van der Waals surface area contributed by atoms with E-state index in [1.807, 2.05) is 17.0 Å². The molecule has 1 aliphatic heterocycles. The fourth-order valence-corrected chi connectivity index (χ4v) is 2.27. The van der Waals surface area contributed by atoms with Gasteiger partial charge in [0, 0.05) is 12.6 Å². The highest BCUT2D eigenvalue weighted by molar-refractivity contribution is 5.85. The van der Waals surface area contributed by atoms with E-state index in [2.05, 4.69) is 10.3 Å². The summed E-state index contributed by atoms with van der Waals surface area (Å²) in [5.41, 5.74) is 0.357. The van der Waals surface area contributed by atoms with E-state index in [1.54, 1.807) is 12.1 Å². The molecule has 0 aromatic carbocycles. The average Bonchev–Trinajstić information content (AvgIpc) is 3.31. The van der Waals surface area contributed by atoms with Gasteiger partial charge in [-0.3, -0.25) is 4.79 Å². The molecule has 104 valence electrons. The van der Waals surface area contributed by atoms with E-state index in [0.29, 0.717) is 37.3 Å². The largest absolute Gasteiger partial charge is 0.377 e. The van der Waals surface area contributed by atoms with Crippen LogP contribution in [0.25, 0.3) is 0 Å². The number of amides is 1. The topological polar surface area (TPSA) is 78.2 Å². The molecule has 1 saturated heterocycles. The van der Waals surface area contributed by atoms with Gasteiger partial charge in [0.2, 0.25) is 5.91 Å². The lowest BCUT2D eigenvalue weighted by Crippen LogP contribution is -2.54. The predicted octanol–water partition coefficient (Wildman–Crippen LogP) is 0.437. The van der Waals surface area contributed by atoms with Crippen LogP contribution in [0.3, 0.4) is 0 Å². The van der Waals surface area contributed by atoms with Crippen LogP contribution < -0.4 is 10.2 Å². The minimum Gasteiger partial charge on any atom is -0.377 e. The van der Waals surface area contributed by atoms with E-state index in [1.165, 1.54) is 0 Å². The number of carbonyl (C=O) groups is 1. The summed E-state index contributed by atoms with van der Waals surface area (Å²) in [5, 5.41) is 11.9. The Labute approximate surface area is 117 Å². The molecule has 20 heavy (non-hydrogen) atoms. The maximum absolute atomic E-state index is 12.3. The molecule has 0 spiro atoms. The molecule has 1 aromatic rings. The second-order valence-electron chi connectivity index (χ2n) is 5.06. The number of nitriles is 1. The summed E-state index contributed by atoms with van der Waals surface area (Å²) in [6.07, 6.45) is 2.11. The van der Waals surface area contributed by atoms with Gasteiger partial charge >= 0.3 is 0 Å². The van der Waals surface area contributed by atoms with E-state index < -0.39 is 0 Å². The Morgan fingerprint density at radius 2 is 2.35 bits per heavy atom. The number of hydrogen-bond acceptors (Lipinski definition) is 5. The van der Waals surface area contributed by atoms with Crippen LogP contribution in [0.1, 0.15) is 18.5 Å². The van der Waals surface area contributed by atoms with E-state index in [-0.39, 0.29) is 11.9 Å². The van der Waals surface area contributed by atoms with Crippen LogP contribution in [0.5, 0.6) is 0 Å². The van der Waals surface area contributed by atoms with E-state index in [4.69, 9.17) is 10.00 Å². The van der Waals surface area contributed by atoms with Gasteiger partial charge in [-0.25, -0.2) is 4.98 Å². The number of nitrogens with one attached hydrogen (secondary N) is 1. The molecule has 2 heterocycles. The van der Waals surface area contributed by atoms with Crippen molar-refractivity contribution in [1.82, 2.24) is 10.3 Å². The fourth-order valence-electron chi connectivity index (χ4n) is 2.27. The summed E-state index contributed by atoms with van der Waals surface area (Å²) in [5.74, 6) is 0.639. The quantitative estimate of drug-likeness (QED) is 0.863. The highest BCUT2D eigenvalue weighted by atomic mass is 16.5. The number of ether oxygens (including phenoxy) is 1. The fraction of sp³-hybridized carbons (Fsp3) is 0.500. The van der Waals surface area contributed by atoms with Crippen molar-refractivity contribution in [2.75, 3.05) is 24.7 Å². The Bertz CT molecular complexity index is 550. The first-order valence-corrected chi connectivity index (χ1v) is 6.80. The van der Waals surface area contributed by atoms with Gasteiger partial charge in [0.1, 0.15) is 23.6 Å². The third kappa shape index (κ3) is 2.73. The Hall–Kier alpha value is -2.13. The summed E-state index contributed by atoms with van der Waals surface area (Å²) in [6, 6.07) is 7.24. The van der Waals surface area contributed by atoms with Gasteiger partial charge in [0.15, 0.2) is 0 Å². The van der Waals surface area contributed by atoms with Gasteiger partial charge in [-0.15, -0.1) is 0 Å². The first-order chi connectivity index (χ1) is 9.78. The van der Waals surface area contributed by atoms with Crippen molar-refractivity contribution < 1.29 is 9.53 Å². The lowest BCUT2D eigenvalue weighted by Gasteiger charge is -2.35. The SMILES string of the molecule is N#Cc1cccc(N2CCOCC2C(=O)NC2CC2)n1. The lowest BCUT2D eigenvalue weighted by atomic mass is 10.2. The Kier molecular flexibility index (Phi) is 3.52. The van der Waals surface area contributed by atoms with Crippen molar-refractivity contribution in [1.29, 1.82) is 5.26 Å². The smallest absolute Gasteiger partial charge is 0.245 e. The summed E-state index contributed by atoms with van der Waals surface area (Å²) >= 11 is 0. The van der Waals surface area contributed by atoms with Crippen molar-refractivity contribution in [3.8, 4) is 6.07 Å². The van der Waals surface area contributed by atoms with Gasteiger partial charge in [0.05, 0.1) is 13.2 Å². The first-order valence-electron chi connectivity index (χ1n) is 6.80. The van der Waals surface area contributed by atoms with Crippen molar-refractivity contribution >= 4 is 11.7 Å². The maximum Gasteiger partial charge on any atom is 0.245 e. The number of nitrogens with zero attached hydrogens (tertiary/aromatic N) is 3. The molecule has 2 fully saturated rings. The molecule has 6 heteroatoms. The lowest BCUT2D eigenvalue weighted by molar-refractivity contribution is -0.124. The molecule has 6 nitrogen and oxygen atoms in total. The summed E-state index contributed by atoms with van der Waals surface area (Å²) in [6.45, 7) is 1.52. The highest BCUT2D eigenvalue weighted by Gasteiger charge is 2.33. The van der Waals surface area contributed by atoms with Crippen molar-refractivity contribution in [3.63, 3.8) is 0 Å². The monoisotopic (exact) mass is 272 g/mol. The molecule has 3 rings (SSSR count). The molecule has 1 amide bonds. The van der Waals surface area contributed by atoms with Crippen LogP contribution in [0.2, 0.25) is 0 Å². The number of morpholine rings is 1. The van der Waals surface area contributed by atoms with Crippen molar-refractivity contribution in [2.24, 2.45) is 0 Å². The molecule has 2 aliphatic rings. The zero-order chi connectivity index (χ0) is 13.9. The van der Waals surface area contributed by atoms with Crippen LogP contribution in [0.15, 0.2) is 18.2 Å². The number of carbonyl (C=O) groups excluding carboxylic acids is 1. The van der Waals surface area contributed by atoms with E-state index in [0.717, 1.165) is 12.8 Å². The summed E-state index contributed by atoms with van der Waals surface area (Å²) in [4.78, 5) is 18.5. The molecule has 1 N–H and O–H groups in total. The van der Waals surface area contributed by atoms with Gasteiger partial charge in [-0.1, -0.05) is 6.07 Å². The molecular weight excluding hydrogens is 256 g/mol. The van der Waals surface area contributed by atoms with Gasteiger partial charge in [0.25, 0.3) is 0 Å². The van der Waals surface area contributed by atoms with Gasteiger partial charge < -0.3 is 15.0 Å². The molecular formula is C14H16N4O2. The zero-order valence-corrected chi connectivity index (χ0v) is 11.1. The number of pyridine rings is 1. The van der Waals surface area contributed by atoms with Gasteiger partial charge in [-0.2, -0.15) is 5.26 Å². The predicted molar refractivity (Wildman–Crippen MR) is 72.1 cm³/mol. The molecule has 1 aromatic heterocycles. The van der Waals surface area contributed by atoms with Crippen LogP contribution in [-0.4, -0.2) is 42.7 Å². The maximum atomic E-state index is 12.3. The molecule has 1 aliphatic carbocycles. The summed E-state index contributed by atoms with van der Waals surface area (Å²) in [7, 11) is 0. The molecule has 1 saturated carbocycles. The molecule has 1 atom stereocenters. The minimum atomic E-state index is -0.370. The van der Waals surface area contributed by atoms with Crippen LogP contribution >= 0.6 is 0 Å². The van der Waals surface area contributed by atoms with Crippen molar-refractivity contribution in [2.45, 2.75) is 24.9 Å². The standard InChI is InChI=1S/C14H16N4O2/c15-8-11-2-1-3-13(16-11)18-6-7-20-9-12(18)14(19)17-10-4-5-10/h1-3,10,12H,4-7,9H2,(H,17,19). The average molecular weight is 272 g/mol. The Balaban J connectivity index is 1.80. The number of hydrogen-bond donors (Lipinski definition) is 1. The van der Waals surface area contributed by atoms with Crippen molar-refractivity contribution in [3.05, 3.63) is 23.9 Å². The third-order valence-electron chi connectivity index (χ3n) is 3.50. The second kappa shape index (κ2) is 5.47. The highest BCUT2D eigenvalue weighted by Crippen LogP contribution is 2.21. The van der Waals surface area contributed by atoms with Crippen LogP contribution in [0.4, 0.5) is 5.82 Å². The zero-order valence-electron chi connectivity index (χ0n) is 11.1. The summed E-state index contributed by atoms with van der Waals surface area (Å²) < 4.78 is 5.42. The van der Waals surface area contributed by atoms with Gasteiger partial charge in [-0.05, 0) is 25.0 Å². The Morgan fingerprint density at radius 1 is 1.50 bits per heavy atom. The Morgan fingerprint density at radius 3 is 3.10 bits per heavy atom. The number of aromatic nitrogens is 1. The third-order valence-corrected chi connectivity index (χ3v) is 3.50. The molecule has 0 bridgehead atoms. The number of anilines is 1.